The lowest BCUT2D eigenvalue weighted by molar-refractivity contribution is 0.403. The monoisotopic (exact) mass is 260 g/mol. The van der Waals surface area contributed by atoms with Crippen molar-refractivity contribution in [2.45, 2.75) is 6.54 Å². The fourth-order valence-electron chi connectivity index (χ4n) is 1.95. The van der Waals surface area contributed by atoms with Gasteiger partial charge in [-0.15, -0.1) is 0 Å². The molecule has 0 bridgehead atoms. The van der Waals surface area contributed by atoms with Gasteiger partial charge in [0.1, 0.15) is 15.9 Å². The molecule has 0 atom stereocenters. The van der Waals surface area contributed by atoms with Crippen molar-refractivity contribution < 1.29 is 0 Å². The summed E-state index contributed by atoms with van der Waals surface area (Å²) in [6, 6.07) is 8.00. The Bertz CT molecular complexity index is 531. The third-order valence-corrected chi connectivity index (χ3v) is 4.06. The number of halogens is 1. The number of rotatable bonds is 2. The van der Waals surface area contributed by atoms with Crippen LogP contribution in [0.5, 0.6) is 0 Å². The zero-order chi connectivity index (χ0) is 11.7. The van der Waals surface area contributed by atoms with E-state index in [2.05, 4.69) is 28.7 Å². The standard InChI is InChI=1S/C14H11ClNS/c15-13-4-2-1-3-11(13)9-16-7-5-14-12(10-16)6-8-17-14/h1-6,10H,7,9H2/q+1. The lowest BCUT2D eigenvalue weighted by Crippen LogP contribution is -2.20. The fourth-order valence-corrected chi connectivity index (χ4v) is 2.85. The highest BCUT2D eigenvalue weighted by Crippen LogP contribution is 2.35. The van der Waals surface area contributed by atoms with Crippen LogP contribution in [0.1, 0.15) is 5.56 Å². The molecule has 17 heavy (non-hydrogen) atoms. The summed E-state index contributed by atoms with van der Waals surface area (Å²) in [7, 11) is 0. The third kappa shape index (κ3) is 2.25. The van der Waals surface area contributed by atoms with Gasteiger partial charge in [0.2, 0.25) is 0 Å². The van der Waals surface area contributed by atoms with Gasteiger partial charge in [-0.2, -0.15) is 0 Å². The Morgan fingerprint density at radius 1 is 1.35 bits per heavy atom. The van der Waals surface area contributed by atoms with E-state index in [9.17, 15) is 0 Å². The maximum atomic E-state index is 6.17. The molecular weight excluding hydrogens is 250 g/mol. The highest BCUT2D eigenvalue weighted by molar-refractivity contribution is 8.05. The molecular formula is C14H11ClNS+. The maximum absolute atomic E-state index is 6.17. The van der Waals surface area contributed by atoms with E-state index in [1.807, 2.05) is 24.3 Å². The van der Waals surface area contributed by atoms with Crippen molar-refractivity contribution >= 4 is 23.4 Å². The number of hydrogen-bond donors (Lipinski definition) is 0. The first-order chi connectivity index (χ1) is 8.33. The van der Waals surface area contributed by atoms with Gasteiger partial charge in [-0.1, -0.05) is 29.8 Å². The van der Waals surface area contributed by atoms with Crippen molar-refractivity contribution in [1.29, 1.82) is 0 Å². The minimum absolute atomic E-state index is 0.837. The predicted octanol–water partition coefficient (Wildman–Crippen LogP) is 3.99. The molecule has 0 aliphatic carbocycles. The molecule has 3 rings (SSSR count). The van der Waals surface area contributed by atoms with E-state index in [0.717, 1.165) is 18.1 Å². The first kappa shape index (κ1) is 10.9. The van der Waals surface area contributed by atoms with Crippen LogP contribution in [0.25, 0.3) is 0 Å². The Kier molecular flexibility index (Phi) is 2.94. The SMILES string of the molecule is Clc1ccccc1CN1C=C2C=[C+]SC2=CC1. The summed E-state index contributed by atoms with van der Waals surface area (Å²) in [5.41, 5.74) is 2.43. The molecule has 2 aliphatic rings. The smallest absolute Gasteiger partial charge is 0.179 e. The average molecular weight is 261 g/mol. The Balaban J connectivity index is 1.78. The molecule has 2 aliphatic heterocycles. The van der Waals surface area contributed by atoms with Gasteiger partial charge in [0, 0.05) is 18.1 Å². The van der Waals surface area contributed by atoms with Gasteiger partial charge in [-0.3, -0.25) is 0 Å². The second-order valence-corrected chi connectivity index (χ2v) is 5.32. The first-order valence-corrected chi connectivity index (χ1v) is 6.68. The van der Waals surface area contributed by atoms with Crippen molar-refractivity contribution in [2.75, 3.05) is 6.54 Å². The molecule has 0 aromatic heterocycles. The van der Waals surface area contributed by atoms with Gasteiger partial charge in [0.05, 0.1) is 18.0 Å². The molecule has 84 valence electrons. The molecule has 2 heterocycles. The molecule has 0 unspecified atom stereocenters. The second-order valence-electron chi connectivity index (χ2n) is 4.04. The van der Waals surface area contributed by atoms with E-state index >= 15 is 0 Å². The van der Waals surface area contributed by atoms with Crippen molar-refractivity contribution in [3.63, 3.8) is 0 Å². The van der Waals surface area contributed by atoms with Crippen molar-refractivity contribution in [1.82, 2.24) is 4.90 Å². The van der Waals surface area contributed by atoms with Crippen LogP contribution in [0.2, 0.25) is 5.02 Å². The third-order valence-electron chi connectivity index (χ3n) is 2.83. The van der Waals surface area contributed by atoms with E-state index in [-0.39, 0.29) is 0 Å². The van der Waals surface area contributed by atoms with E-state index in [1.165, 1.54) is 16.0 Å². The molecule has 3 heteroatoms. The van der Waals surface area contributed by atoms with E-state index in [4.69, 9.17) is 11.6 Å². The Hall–Kier alpha value is -1.21. The first-order valence-electron chi connectivity index (χ1n) is 5.48. The summed E-state index contributed by atoms with van der Waals surface area (Å²) in [6.45, 7) is 1.79. The van der Waals surface area contributed by atoms with Crippen LogP contribution in [0, 0.1) is 5.41 Å². The van der Waals surface area contributed by atoms with Gasteiger partial charge in [0.25, 0.3) is 0 Å². The van der Waals surface area contributed by atoms with Crippen molar-refractivity contribution in [3.8, 4) is 0 Å². The predicted molar refractivity (Wildman–Crippen MR) is 73.4 cm³/mol. The van der Waals surface area contributed by atoms with Crippen LogP contribution in [-0.4, -0.2) is 11.4 Å². The molecule has 0 fully saturated rings. The van der Waals surface area contributed by atoms with Crippen molar-refractivity contribution in [3.05, 3.63) is 69.1 Å². The van der Waals surface area contributed by atoms with Gasteiger partial charge in [0.15, 0.2) is 6.08 Å². The number of hydrogen-bond acceptors (Lipinski definition) is 2. The lowest BCUT2D eigenvalue weighted by atomic mass is 10.1. The van der Waals surface area contributed by atoms with Crippen LogP contribution in [0.4, 0.5) is 0 Å². The molecule has 0 N–H and O–H groups in total. The molecule has 0 radical (unpaired) electrons. The molecule has 1 aromatic carbocycles. The molecule has 0 amide bonds. The minimum atomic E-state index is 0.837. The molecule has 0 saturated heterocycles. The summed E-state index contributed by atoms with van der Waals surface area (Å²) in [5.74, 6) is 0. The molecule has 0 spiro atoms. The Labute approximate surface area is 110 Å². The fraction of sp³-hybridized carbons (Fsp3) is 0.143. The number of benzene rings is 1. The summed E-state index contributed by atoms with van der Waals surface area (Å²) >= 11 is 7.84. The minimum Gasteiger partial charge on any atom is -0.352 e. The maximum Gasteiger partial charge on any atom is 0.179 e. The highest BCUT2D eigenvalue weighted by Gasteiger charge is 2.25. The summed E-state index contributed by atoms with van der Waals surface area (Å²) in [6.07, 6.45) is 6.47. The number of allylic oxidation sites excluding steroid dienone is 2. The largest absolute Gasteiger partial charge is 0.352 e. The number of thioether (sulfide) groups is 1. The zero-order valence-corrected chi connectivity index (χ0v) is 10.8. The van der Waals surface area contributed by atoms with Crippen LogP contribution < -0.4 is 0 Å². The average Bonchev–Trinajstić information content (AvgIpc) is 2.79. The van der Waals surface area contributed by atoms with E-state index in [0.29, 0.717) is 0 Å². The van der Waals surface area contributed by atoms with Crippen LogP contribution in [0.15, 0.2) is 53.1 Å². The normalized spacial score (nSPS) is 17.4. The van der Waals surface area contributed by atoms with Crippen LogP contribution >= 0.6 is 23.4 Å². The van der Waals surface area contributed by atoms with Gasteiger partial charge in [-0.05, 0) is 17.7 Å². The topological polar surface area (TPSA) is 3.24 Å². The van der Waals surface area contributed by atoms with E-state index in [1.54, 1.807) is 11.8 Å². The Morgan fingerprint density at radius 3 is 3.12 bits per heavy atom. The number of fused-ring (bicyclic) bond motifs is 1. The summed E-state index contributed by atoms with van der Waals surface area (Å²) < 4.78 is 0. The second kappa shape index (κ2) is 4.58. The summed E-state index contributed by atoms with van der Waals surface area (Å²) in [4.78, 5) is 3.59. The van der Waals surface area contributed by atoms with Crippen LogP contribution in [-0.2, 0) is 6.54 Å². The number of nitrogens with zero attached hydrogens (tertiary/aromatic N) is 1. The van der Waals surface area contributed by atoms with E-state index < -0.39 is 0 Å². The molecule has 1 aromatic rings. The zero-order valence-electron chi connectivity index (χ0n) is 9.19. The lowest BCUT2D eigenvalue weighted by Gasteiger charge is -2.20. The molecule has 0 saturated carbocycles. The van der Waals surface area contributed by atoms with Crippen molar-refractivity contribution in [2.24, 2.45) is 0 Å². The van der Waals surface area contributed by atoms with Gasteiger partial charge >= 0.3 is 0 Å². The molecule has 1 nitrogen and oxygen atoms in total. The summed E-state index contributed by atoms with van der Waals surface area (Å²) in [5, 5.41) is 4.00. The van der Waals surface area contributed by atoms with Gasteiger partial charge < -0.3 is 4.90 Å². The Morgan fingerprint density at radius 2 is 2.24 bits per heavy atom. The quantitative estimate of drug-likeness (QED) is 0.740. The van der Waals surface area contributed by atoms with Crippen LogP contribution in [0.3, 0.4) is 0 Å². The highest BCUT2D eigenvalue weighted by atomic mass is 35.5. The van der Waals surface area contributed by atoms with Gasteiger partial charge in [-0.25, -0.2) is 0 Å².